The normalized spacial score (nSPS) is 46.4. The van der Waals surface area contributed by atoms with Gasteiger partial charge in [-0.3, -0.25) is 0 Å². The lowest BCUT2D eigenvalue weighted by atomic mass is 9.47. The van der Waals surface area contributed by atoms with Gasteiger partial charge in [-0.05, 0) is 233 Å². The van der Waals surface area contributed by atoms with Crippen LogP contribution in [-0.4, -0.2) is 0 Å². The molecule has 0 aromatic heterocycles. The summed E-state index contributed by atoms with van der Waals surface area (Å²) >= 11 is 0. The molecule has 0 aromatic carbocycles. The van der Waals surface area contributed by atoms with Gasteiger partial charge in [0.1, 0.15) is 0 Å². The number of fused-ring (bicyclic) bond motifs is 6. The summed E-state index contributed by atoms with van der Waals surface area (Å²) in [6.45, 7) is 0. The van der Waals surface area contributed by atoms with Crippen molar-refractivity contribution in [2.24, 2.45) is 130 Å². The lowest BCUT2D eigenvalue weighted by Crippen LogP contribution is -2.53. The third kappa shape index (κ3) is 8.23. The Hall–Kier alpha value is -0.520. The second-order valence-corrected chi connectivity index (χ2v) is 28.4. The molecule has 13 fully saturated rings. The average molecular weight is 898 g/mol. The van der Waals surface area contributed by atoms with Crippen LogP contribution in [0.5, 0.6) is 0 Å². The fourth-order valence-corrected chi connectivity index (χ4v) is 24.2. The number of hydrogen-bond acceptors (Lipinski definition) is 0. The van der Waals surface area contributed by atoms with E-state index in [0.717, 1.165) is 130 Å². The van der Waals surface area contributed by atoms with Crippen LogP contribution in [0.4, 0.5) is 0 Å². The van der Waals surface area contributed by atoms with Crippen molar-refractivity contribution in [1.82, 2.24) is 0 Å². The lowest BCUT2D eigenvalue weighted by Gasteiger charge is -2.58. The molecule has 66 heavy (non-hydrogen) atoms. The molecule has 16 atom stereocenters. The van der Waals surface area contributed by atoms with Gasteiger partial charge in [-0.1, -0.05) is 177 Å². The topological polar surface area (TPSA) is 0 Å². The Bertz CT molecular complexity index is 1460. The highest BCUT2D eigenvalue weighted by atomic mass is 14.8. The van der Waals surface area contributed by atoms with Crippen LogP contribution in [0.1, 0.15) is 257 Å². The van der Waals surface area contributed by atoms with Crippen LogP contribution in [0.25, 0.3) is 0 Å². The zero-order valence-corrected chi connectivity index (χ0v) is 43.1. The molecule has 0 nitrogen and oxygen atoms in total. The molecule has 0 amide bonds. The van der Waals surface area contributed by atoms with Crippen molar-refractivity contribution >= 4 is 0 Å². The Kier molecular flexibility index (Phi) is 13.9. The van der Waals surface area contributed by atoms with E-state index in [9.17, 15) is 0 Å². The molecule has 0 heteroatoms. The van der Waals surface area contributed by atoms with Crippen LogP contribution in [0, 0.1) is 130 Å². The molecule has 16 unspecified atom stereocenters. The first kappa shape index (κ1) is 45.4. The SMILES string of the molecule is C(=C(C1CCCCC1)C1CCCCC1)C1CCC2C3C1CCCC3C1C(C3CCCCC3)C3C4CCC(C=C(C5CCCCC5)C5CCCCC5)C5CCCC(C54)C3C(C3CCCCC3)C21. The molecule has 0 saturated heterocycles. The maximum absolute atomic E-state index is 3.19. The van der Waals surface area contributed by atoms with Crippen LogP contribution in [0.2, 0.25) is 0 Å². The van der Waals surface area contributed by atoms with E-state index in [1.54, 1.807) is 128 Å². The van der Waals surface area contributed by atoms with Crippen molar-refractivity contribution in [1.29, 1.82) is 0 Å². The van der Waals surface area contributed by atoms with E-state index in [1.807, 2.05) is 0 Å². The maximum Gasteiger partial charge on any atom is -0.0199 e. The molecule has 0 heterocycles. The highest BCUT2D eigenvalue weighted by Gasteiger charge is 2.71. The van der Waals surface area contributed by atoms with Crippen molar-refractivity contribution < 1.29 is 0 Å². The lowest BCUT2D eigenvalue weighted by molar-refractivity contribution is -0.102. The molecule has 13 rings (SSSR count). The van der Waals surface area contributed by atoms with Gasteiger partial charge < -0.3 is 0 Å². The van der Waals surface area contributed by atoms with Gasteiger partial charge in [-0.25, -0.2) is 0 Å². The predicted molar refractivity (Wildman–Crippen MR) is 278 cm³/mol. The van der Waals surface area contributed by atoms with Crippen molar-refractivity contribution in [3.05, 3.63) is 23.3 Å². The molecule has 13 aliphatic rings. The van der Waals surface area contributed by atoms with Gasteiger partial charge in [-0.15, -0.1) is 0 Å². The van der Waals surface area contributed by atoms with Gasteiger partial charge >= 0.3 is 0 Å². The average Bonchev–Trinajstić information content (AvgIpc) is 3.91. The van der Waals surface area contributed by atoms with Crippen LogP contribution >= 0.6 is 0 Å². The van der Waals surface area contributed by atoms with E-state index in [2.05, 4.69) is 23.3 Å². The van der Waals surface area contributed by atoms with Crippen LogP contribution in [-0.2, 0) is 0 Å². The molecule has 0 aliphatic heterocycles. The third-order valence-corrected chi connectivity index (χ3v) is 26.0. The van der Waals surface area contributed by atoms with Crippen molar-refractivity contribution in [3.8, 4) is 0 Å². The van der Waals surface area contributed by atoms with Gasteiger partial charge in [0.2, 0.25) is 0 Å². The minimum absolute atomic E-state index is 0.938. The van der Waals surface area contributed by atoms with E-state index >= 15 is 0 Å². The van der Waals surface area contributed by atoms with E-state index in [1.165, 1.54) is 128 Å². The standard InChI is InChI=1S/C66H104/c1-7-21-43(22-8-1)57(44-23-9-2-10-24-44)41-49-37-39-55-61-51(49)33-19-35-53(61)63-59(47-29-15-5-16-30-47)66-56-40-38-50(42-58(45-25-11-3-12-26-45)46-27-13-4-14-28-46)52-34-20-36-54(62(52)56)64(66)60(65(55)63)48-31-17-6-18-32-48/h41-56,59-66H,1-40H2. The molecule has 0 N–H and O–H groups in total. The highest BCUT2D eigenvalue weighted by molar-refractivity contribution is 5.23. The first-order chi connectivity index (χ1) is 32.8. The molecule has 368 valence electrons. The molecule has 13 aliphatic carbocycles. The molecular formula is C66H104. The summed E-state index contributed by atoms with van der Waals surface area (Å²) in [5, 5.41) is 0. The summed E-state index contributed by atoms with van der Waals surface area (Å²) in [4.78, 5) is 0. The van der Waals surface area contributed by atoms with Crippen LogP contribution in [0.15, 0.2) is 23.3 Å². The molecule has 0 spiro atoms. The first-order valence-corrected chi connectivity index (χ1v) is 32.2. The van der Waals surface area contributed by atoms with E-state index in [-0.39, 0.29) is 0 Å². The van der Waals surface area contributed by atoms with Gasteiger partial charge in [0.25, 0.3) is 0 Å². The Labute approximate surface area is 408 Å². The van der Waals surface area contributed by atoms with Gasteiger partial charge in [0.05, 0.1) is 0 Å². The zero-order chi connectivity index (χ0) is 43.6. The van der Waals surface area contributed by atoms with Crippen molar-refractivity contribution in [3.63, 3.8) is 0 Å². The summed E-state index contributed by atoms with van der Waals surface area (Å²) in [5.41, 5.74) is 4.16. The second kappa shape index (κ2) is 20.2. The molecule has 13 saturated carbocycles. The summed E-state index contributed by atoms with van der Waals surface area (Å²) in [6.07, 6.45) is 69.2. The Morgan fingerprint density at radius 2 is 0.470 bits per heavy atom. The molecular weight excluding hydrogens is 793 g/mol. The molecule has 0 aromatic rings. The van der Waals surface area contributed by atoms with E-state index in [0.29, 0.717) is 0 Å². The fraction of sp³-hybridized carbons (Fsp3) is 0.939. The summed E-state index contributed by atoms with van der Waals surface area (Å²) < 4.78 is 0. The molecule has 0 bridgehead atoms. The van der Waals surface area contributed by atoms with Gasteiger partial charge in [0, 0.05) is 0 Å². The molecule has 0 radical (unpaired) electrons. The summed E-state index contributed by atoms with van der Waals surface area (Å²) in [7, 11) is 0. The van der Waals surface area contributed by atoms with Gasteiger partial charge in [-0.2, -0.15) is 0 Å². The van der Waals surface area contributed by atoms with E-state index < -0.39 is 0 Å². The van der Waals surface area contributed by atoms with Gasteiger partial charge in [0.15, 0.2) is 0 Å². The third-order valence-electron chi connectivity index (χ3n) is 26.0. The Morgan fingerprint density at radius 3 is 0.788 bits per heavy atom. The highest BCUT2D eigenvalue weighted by Crippen LogP contribution is 2.77. The Balaban J connectivity index is 0.872. The zero-order valence-electron chi connectivity index (χ0n) is 43.1. The minimum Gasteiger partial charge on any atom is -0.0814 e. The summed E-state index contributed by atoms with van der Waals surface area (Å²) in [5.74, 6) is 23.3. The maximum atomic E-state index is 3.19. The largest absolute Gasteiger partial charge is 0.0814 e. The smallest absolute Gasteiger partial charge is 0.0199 e. The van der Waals surface area contributed by atoms with Crippen LogP contribution in [0.3, 0.4) is 0 Å². The van der Waals surface area contributed by atoms with E-state index in [4.69, 9.17) is 0 Å². The van der Waals surface area contributed by atoms with Crippen molar-refractivity contribution in [2.45, 2.75) is 257 Å². The number of rotatable bonds is 8. The van der Waals surface area contributed by atoms with Crippen molar-refractivity contribution in [2.75, 3.05) is 0 Å². The first-order valence-electron chi connectivity index (χ1n) is 32.2. The Morgan fingerprint density at radius 1 is 0.197 bits per heavy atom. The second-order valence-electron chi connectivity index (χ2n) is 28.4. The minimum atomic E-state index is 0.938. The number of allylic oxidation sites excluding steroid dienone is 4. The summed E-state index contributed by atoms with van der Waals surface area (Å²) in [6, 6.07) is 0. The number of hydrogen-bond donors (Lipinski definition) is 0. The monoisotopic (exact) mass is 897 g/mol. The quantitative estimate of drug-likeness (QED) is 0.213. The fourth-order valence-electron chi connectivity index (χ4n) is 24.2. The van der Waals surface area contributed by atoms with Crippen LogP contribution < -0.4 is 0 Å². The predicted octanol–water partition coefficient (Wildman–Crippen LogP) is 19.2.